The van der Waals surface area contributed by atoms with Gasteiger partial charge in [0.05, 0.1) is 16.3 Å². The van der Waals surface area contributed by atoms with E-state index in [1.807, 2.05) is 54.6 Å². The van der Waals surface area contributed by atoms with Gasteiger partial charge in [-0.05, 0) is 36.4 Å². The maximum atomic E-state index is 9.72. The summed E-state index contributed by atoms with van der Waals surface area (Å²) in [6, 6.07) is 24.1. The topological polar surface area (TPSA) is 105 Å². The standard InChI is InChI=1S/C23H14ClN5O/c24-20-9-5-4-8-18(20)21-11-10-17(30-21)12-15(13-25)22-19(14-26)23(27)29(28-22)16-6-2-1-3-7-16/h1-12H,27H2/b15-12-. The fourth-order valence-electron chi connectivity index (χ4n) is 3.03. The highest BCUT2D eigenvalue weighted by Gasteiger charge is 2.20. The summed E-state index contributed by atoms with van der Waals surface area (Å²) < 4.78 is 7.28. The van der Waals surface area contributed by atoms with Crippen LogP contribution in [0.15, 0.2) is 71.1 Å². The number of furan rings is 1. The molecule has 0 aliphatic heterocycles. The molecule has 4 rings (SSSR count). The number of aromatic nitrogens is 2. The Morgan fingerprint density at radius 2 is 1.77 bits per heavy atom. The Morgan fingerprint density at radius 1 is 1.03 bits per heavy atom. The quantitative estimate of drug-likeness (QED) is 0.458. The highest BCUT2D eigenvalue weighted by Crippen LogP contribution is 2.31. The van der Waals surface area contributed by atoms with Crippen LogP contribution in [-0.2, 0) is 0 Å². The van der Waals surface area contributed by atoms with Crippen LogP contribution in [0, 0.1) is 22.7 Å². The number of nitrogens with zero attached hydrogens (tertiary/aromatic N) is 4. The SMILES string of the molecule is N#C/C(=C/c1ccc(-c2ccccc2Cl)o1)c1nn(-c2ccccc2)c(N)c1C#N. The Balaban J connectivity index is 1.77. The largest absolute Gasteiger partial charge is 0.457 e. The number of hydrogen-bond acceptors (Lipinski definition) is 5. The molecule has 4 aromatic rings. The van der Waals surface area contributed by atoms with Crippen molar-refractivity contribution >= 4 is 29.1 Å². The molecule has 0 saturated heterocycles. The minimum absolute atomic E-state index is 0.129. The summed E-state index contributed by atoms with van der Waals surface area (Å²) in [4.78, 5) is 0. The van der Waals surface area contributed by atoms with Crippen LogP contribution in [0.2, 0.25) is 5.02 Å². The maximum Gasteiger partial charge on any atom is 0.145 e. The van der Waals surface area contributed by atoms with Gasteiger partial charge in [0.25, 0.3) is 0 Å². The number of nitrogens with two attached hydrogens (primary N) is 1. The Bertz CT molecular complexity index is 1340. The van der Waals surface area contributed by atoms with Crippen molar-refractivity contribution in [3.63, 3.8) is 0 Å². The summed E-state index contributed by atoms with van der Waals surface area (Å²) in [5, 5.41) is 24.3. The zero-order valence-electron chi connectivity index (χ0n) is 15.6. The van der Waals surface area contributed by atoms with E-state index >= 15 is 0 Å². The zero-order valence-corrected chi connectivity index (χ0v) is 16.3. The second-order valence-electron chi connectivity index (χ2n) is 6.32. The molecule has 0 aliphatic carbocycles. The molecule has 2 aromatic carbocycles. The van der Waals surface area contributed by atoms with Gasteiger partial charge in [-0.1, -0.05) is 41.9 Å². The molecule has 144 valence electrons. The summed E-state index contributed by atoms with van der Waals surface area (Å²) in [7, 11) is 0. The van der Waals surface area contributed by atoms with Gasteiger partial charge in [-0.15, -0.1) is 0 Å². The summed E-state index contributed by atoms with van der Waals surface area (Å²) in [6.45, 7) is 0. The molecule has 6 nitrogen and oxygen atoms in total. The van der Waals surface area contributed by atoms with E-state index in [4.69, 9.17) is 21.8 Å². The predicted molar refractivity (Wildman–Crippen MR) is 115 cm³/mol. The molecule has 2 heterocycles. The lowest BCUT2D eigenvalue weighted by molar-refractivity contribution is 0.572. The minimum Gasteiger partial charge on any atom is -0.457 e. The van der Waals surface area contributed by atoms with Gasteiger partial charge in [0.2, 0.25) is 0 Å². The normalized spacial score (nSPS) is 11.1. The van der Waals surface area contributed by atoms with Crippen LogP contribution >= 0.6 is 11.6 Å². The van der Waals surface area contributed by atoms with Crippen LogP contribution in [0.1, 0.15) is 17.0 Å². The van der Waals surface area contributed by atoms with Crippen LogP contribution in [0.3, 0.4) is 0 Å². The Hall–Kier alpha value is -4.26. The first kappa shape index (κ1) is 19.1. The number of allylic oxidation sites excluding steroid dienone is 1. The third-order valence-corrected chi connectivity index (χ3v) is 4.79. The van der Waals surface area contributed by atoms with E-state index in [0.717, 1.165) is 5.56 Å². The van der Waals surface area contributed by atoms with E-state index in [0.29, 0.717) is 22.2 Å². The van der Waals surface area contributed by atoms with Gasteiger partial charge >= 0.3 is 0 Å². The molecule has 30 heavy (non-hydrogen) atoms. The molecule has 7 heteroatoms. The minimum atomic E-state index is 0.129. The monoisotopic (exact) mass is 411 g/mol. The summed E-state index contributed by atoms with van der Waals surface area (Å²) in [6.07, 6.45) is 1.53. The molecule has 0 atom stereocenters. The van der Waals surface area contributed by atoms with Gasteiger partial charge < -0.3 is 10.2 Å². The Kier molecular flexibility index (Phi) is 5.09. The molecule has 0 aliphatic rings. The van der Waals surface area contributed by atoms with E-state index < -0.39 is 0 Å². The van der Waals surface area contributed by atoms with Crippen LogP contribution in [0.25, 0.3) is 28.7 Å². The lowest BCUT2D eigenvalue weighted by Crippen LogP contribution is -2.02. The van der Waals surface area contributed by atoms with Gasteiger partial charge in [-0.2, -0.15) is 15.6 Å². The maximum absolute atomic E-state index is 9.72. The molecule has 0 amide bonds. The molecule has 2 aromatic heterocycles. The number of rotatable bonds is 4. The molecule has 0 radical (unpaired) electrons. The van der Waals surface area contributed by atoms with E-state index in [-0.39, 0.29) is 22.6 Å². The van der Waals surface area contributed by atoms with E-state index in [9.17, 15) is 10.5 Å². The first-order chi connectivity index (χ1) is 14.6. The van der Waals surface area contributed by atoms with E-state index in [1.165, 1.54) is 10.8 Å². The van der Waals surface area contributed by atoms with Gasteiger partial charge in [-0.3, -0.25) is 0 Å². The highest BCUT2D eigenvalue weighted by molar-refractivity contribution is 6.33. The van der Waals surface area contributed by atoms with Crippen LogP contribution in [0.4, 0.5) is 5.82 Å². The van der Waals surface area contributed by atoms with Gasteiger partial charge in [0.1, 0.15) is 40.7 Å². The third kappa shape index (κ3) is 3.44. The van der Waals surface area contributed by atoms with Gasteiger partial charge in [-0.25, -0.2) is 4.68 Å². The number of nitriles is 2. The Morgan fingerprint density at radius 3 is 2.47 bits per heavy atom. The molecule has 0 spiro atoms. The van der Waals surface area contributed by atoms with Crippen LogP contribution in [0.5, 0.6) is 0 Å². The highest BCUT2D eigenvalue weighted by atomic mass is 35.5. The van der Waals surface area contributed by atoms with Crippen LogP contribution < -0.4 is 5.73 Å². The zero-order chi connectivity index (χ0) is 21.1. The molecule has 0 fully saturated rings. The first-order valence-corrected chi connectivity index (χ1v) is 9.31. The van der Waals surface area contributed by atoms with Crippen molar-refractivity contribution in [1.29, 1.82) is 10.5 Å². The average molecular weight is 412 g/mol. The molecule has 0 saturated carbocycles. The molecule has 2 N–H and O–H groups in total. The van der Waals surface area contributed by atoms with Crippen molar-refractivity contribution in [2.45, 2.75) is 0 Å². The van der Waals surface area contributed by atoms with E-state index in [1.54, 1.807) is 18.2 Å². The number of anilines is 1. The second kappa shape index (κ2) is 8.00. The molecular formula is C23H14ClN5O. The van der Waals surface area contributed by atoms with Crippen molar-refractivity contribution in [3.05, 3.63) is 88.8 Å². The Labute approximate surface area is 177 Å². The van der Waals surface area contributed by atoms with Crippen LogP contribution in [-0.4, -0.2) is 9.78 Å². The van der Waals surface area contributed by atoms with Crippen molar-refractivity contribution in [3.8, 4) is 29.1 Å². The van der Waals surface area contributed by atoms with Crippen molar-refractivity contribution < 1.29 is 4.42 Å². The average Bonchev–Trinajstić information content (AvgIpc) is 3.37. The number of halogens is 1. The van der Waals surface area contributed by atoms with Gasteiger partial charge in [0, 0.05) is 11.6 Å². The van der Waals surface area contributed by atoms with E-state index in [2.05, 4.69) is 11.2 Å². The lowest BCUT2D eigenvalue weighted by Gasteiger charge is -2.02. The predicted octanol–water partition coefficient (Wildman–Crippen LogP) is 5.30. The number of para-hydroxylation sites is 1. The summed E-state index contributed by atoms with van der Waals surface area (Å²) in [5.74, 6) is 1.16. The van der Waals surface area contributed by atoms with Crippen molar-refractivity contribution in [2.24, 2.45) is 0 Å². The lowest BCUT2D eigenvalue weighted by atomic mass is 10.1. The fourth-order valence-corrected chi connectivity index (χ4v) is 3.26. The fraction of sp³-hybridized carbons (Fsp3) is 0. The number of nitrogen functional groups attached to an aromatic ring is 1. The van der Waals surface area contributed by atoms with Crippen molar-refractivity contribution in [2.75, 3.05) is 5.73 Å². The smallest absolute Gasteiger partial charge is 0.145 e. The third-order valence-electron chi connectivity index (χ3n) is 4.46. The second-order valence-corrected chi connectivity index (χ2v) is 6.73. The van der Waals surface area contributed by atoms with Gasteiger partial charge in [0.15, 0.2) is 0 Å². The molecular weight excluding hydrogens is 398 g/mol. The number of benzene rings is 2. The summed E-state index contributed by atoms with van der Waals surface area (Å²) in [5.41, 5.74) is 8.05. The van der Waals surface area contributed by atoms with Crippen molar-refractivity contribution in [1.82, 2.24) is 9.78 Å². The first-order valence-electron chi connectivity index (χ1n) is 8.93. The molecule has 0 unspecified atom stereocenters. The number of hydrogen-bond donors (Lipinski definition) is 1. The summed E-state index contributed by atoms with van der Waals surface area (Å²) >= 11 is 6.22. The molecule has 0 bridgehead atoms.